The minimum atomic E-state index is -4.74. The fraction of sp³-hybridized carbons (Fsp3) is 0.0833. The Kier molecular flexibility index (Phi) is 3.92. The molecule has 1 aromatic carbocycles. The Labute approximate surface area is 116 Å². The number of hydrogen-bond donors (Lipinski definition) is 2. The van der Waals surface area contributed by atoms with Crippen molar-refractivity contribution < 1.29 is 22.6 Å². The quantitative estimate of drug-likeness (QED) is 0.668. The van der Waals surface area contributed by atoms with Crippen molar-refractivity contribution in [1.82, 2.24) is 9.97 Å². The number of hydrogen-bond acceptors (Lipinski definition) is 5. The summed E-state index contributed by atoms with van der Waals surface area (Å²) in [6.45, 7) is 0. The Morgan fingerprint density at radius 3 is 2.14 bits per heavy atom. The van der Waals surface area contributed by atoms with Gasteiger partial charge >= 0.3 is 6.36 Å². The molecular weight excluding hydrogens is 289 g/mol. The predicted molar refractivity (Wildman–Crippen MR) is 66.2 cm³/mol. The van der Waals surface area contributed by atoms with Crippen LogP contribution in [0.25, 0.3) is 0 Å². The van der Waals surface area contributed by atoms with Crippen molar-refractivity contribution >= 4 is 5.84 Å². The zero-order valence-electron chi connectivity index (χ0n) is 10.4. The van der Waals surface area contributed by atoms with Gasteiger partial charge in [0.25, 0.3) is 0 Å². The summed E-state index contributed by atoms with van der Waals surface area (Å²) in [5, 5.41) is 7.15. The van der Waals surface area contributed by atoms with E-state index in [0.29, 0.717) is 0 Å². The molecule has 0 unspecified atom stereocenters. The van der Waals surface area contributed by atoms with Gasteiger partial charge in [-0.3, -0.25) is 5.41 Å². The van der Waals surface area contributed by atoms with Crippen LogP contribution in [0.5, 0.6) is 17.4 Å². The number of amidine groups is 1. The van der Waals surface area contributed by atoms with Gasteiger partial charge in [-0.2, -0.15) is 0 Å². The molecule has 1 heterocycles. The summed E-state index contributed by atoms with van der Waals surface area (Å²) < 4.78 is 45.0. The molecule has 0 spiro atoms. The standard InChI is InChI=1S/C12H9F3N4O2/c13-12(14,15)21-8-3-1-7(2-4-8)20-10-6-18-9(5-19-10)11(16)17/h1-6H,(H3,16,17). The molecule has 2 rings (SSSR count). The molecule has 3 N–H and O–H groups in total. The first-order valence-corrected chi connectivity index (χ1v) is 5.53. The second-order valence-corrected chi connectivity index (χ2v) is 3.77. The largest absolute Gasteiger partial charge is 0.573 e. The molecule has 0 atom stereocenters. The molecule has 1 aromatic heterocycles. The van der Waals surface area contributed by atoms with Crippen molar-refractivity contribution in [3.63, 3.8) is 0 Å². The Hall–Kier alpha value is -2.84. The minimum Gasteiger partial charge on any atom is -0.438 e. The molecule has 0 aliphatic rings. The Morgan fingerprint density at radius 1 is 1.05 bits per heavy atom. The summed E-state index contributed by atoms with van der Waals surface area (Å²) in [4.78, 5) is 7.69. The molecule has 0 saturated heterocycles. The predicted octanol–water partition coefficient (Wildman–Crippen LogP) is 2.45. The van der Waals surface area contributed by atoms with E-state index in [1.807, 2.05) is 0 Å². The van der Waals surface area contributed by atoms with Crippen LogP contribution in [-0.4, -0.2) is 22.2 Å². The lowest BCUT2D eigenvalue weighted by molar-refractivity contribution is -0.274. The van der Waals surface area contributed by atoms with E-state index in [4.69, 9.17) is 15.9 Å². The molecule has 9 heteroatoms. The summed E-state index contributed by atoms with van der Waals surface area (Å²) in [7, 11) is 0. The number of benzene rings is 1. The number of nitrogens with zero attached hydrogens (tertiary/aromatic N) is 2. The Balaban J connectivity index is 2.04. The van der Waals surface area contributed by atoms with E-state index in [1.54, 1.807) is 0 Å². The first kappa shape index (κ1) is 14.6. The molecular formula is C12H9F3N4O2. The van der Waals surface area contributed by atoms with Crippen LogP contribution in [0, 0.1) is 5.41 Å². The highest BCUT2D eigenvalue weighted by atomic mass is 19.4. The average molecular weight is 298 g/mol. The van der Waals surface area contributed by atoms with E-state index < -0.39 is 6.36 Å². The normalized spacial score (nSPS) is 11.0. The molecule has 0 fully saturated rings. The lowest BCUT2D eigenvalue weighted by atomic mass is 10.3. The van der Waals surface area contributed by atoms with Crippen LogP contribution in [0.4, 0.5) is 13.2 Å². The van der Waals surface area contributed by atoms with Crippen LogP contribution in [0.2, 0.25) is 0 Å². The second kappa shape index (κ2) is 5.65. The summed E-state index contributed by atoms with van der Waals surface area (Å²) in [6, 6.07) is 4.81. The zero-order chi connectivity index (χ0) is 15.5. The second-order valence-electron chi connectivity index (χ2n) is 3.77. The van der Waals surface area contributed by atoms with Crippen LogP contribution >= 0.6 is 0 Å². The van der Waals surface area contributed by atoms with Gasteiger partial charge in [-0.15, -0.1) is 13.2 Å². The summed E-state index contributed by atoms with van der Waals surface area (Å²) in [5.74, 6) is -0.213. The lowest BCUT2D eigenvalue weighted by Gasteiger charge is -2.09. The molecule has 21 heavy (non-hydrogen) atoms. The number of rotatable bonds is 4. The maximum Gasteiger partial charge on any atom is 0.573 e. The van der Waals surface area contributed by atoms with E-state index in [1.165, 1.54) is 24.5 Å². The smallest absolute Gasteiger partial charge is 0.438 e. The van der Waals surface area contributed by atoms with E-state index in [9.17, 15) is 13.2 Å². The molecule has 0 aliphatic carbocycles. The van der Waals surface area contributed by atoms with Crippen molar-refractivity contribution in [3.8, 4) is 17.4 Å². The van der Waals surface area contributed by atoms with Gasteiger partial charge in [0.2, 0.25) is 5.88 Å². The van der Waals surface area contributed by atoms with E-state index >= 15 is 0 Å². The summed E-state index contributed by atoms with van der Waals surface area (Å²) in [5.41, 5.74) is 5.41. The minimum absolute atomic E-state index is 0.115. The number of aromatic nitrogens is 2. The van der Waals surface area contributed by atoms with Gasteiger partial charge in [0.05, 0.1) is 12.4 Å². The average Bonchev–Trinajstić information content (AvgIpc) is 2.40. The monoisotopic (exact) mass is 298 g/mol. The highest BCUT2D eigenvalue weighted by Crippen LogP contribution is 2.26. The molecule has 110 valence electrons. The van der Waals surface area contributed by atoms with Crippen LogP contribution in [0.15, 0.2) is 36.7 Å². The van der Waals surface area contributed by atoms with Gasteiger partial charge in [-0.05, 0) is 24.3 Å². The SMILES string of the molecule is N=C(N)c1cnc(Oc2ccc(OC(F)(F)F)cc2)cn1. The van der Waals surface area contributed by atoms with Crippen molar-refractivity contribution in [3.05, 3.63) is 42.4 Å². The Morgan fingerprint density at radius 2 is 1.67 bits per heavy atom. The van der Waals surface area contributed by atoms with Crippen molar-refractivity contribution in [2.75, 3.05) is 0 Å². The van der Waals surface area contributed by atoms with Gasteiger partial charge in [0, 0.05) is 0 Å². The zero-order valence-corrected chi connectivity index (χ0v) is 10.4. The number of nitrogens with one attached hydrogen (secondary N) is 1. The molecule has 0 radical (unpaired) electrons. The van der Waals surface area contributed by atoms with Crippen LogP contribution < -0.4 is 15.2 Å². The maximum atomic E-state index is 12.0. The highest BCUT2D eigenvalue weighted by Gasteiger charge is 2.30. The highest BCUT2D eigenvalue weighted by molar-refractivity contribution is 5.92. The third-order valence-corrected chi connectivity index (χ3v) is 2.18. The topological polar surface area (TPSA) is 94.1 Å². The van der Waals surface area contributed by atoms with Gasteiger partial charge in [-0.1, -0.05) is 0 Å². The van der Waals surface area contributed by atoms with Gasteiger partial charge in [0.15, 0.2) is 0 Å². The van der Waals surface area contributed by atoms with Crippen molar-refractivity contribution in [2.24, 2.45) is 5.73 Å². The van der Waals surface area contributed by atoms with E-state index in [2.05, 4.69) is 14.7 Å². The molecule has 0 aliphatic heterocycles. The fourth-order valence-electron chi connectivity index (χ4n) is 1.34. The molecule has 6 nitrogen and oxygen atoms in total. The van der Waals surface area contributed by atoms with Gasteiger partial charge in [0.1, 0.15) is 23.0 Å². The van der Waals surface area contributed by atoms with Gasteiger partial charge in [-0.25, -0.2) is 9.97 Å². The number of nitrogen functional groups attached to an aromatic ring is 1. The van der Waals surface area contributed by atoms with Crippen molar-refractivity contribution in [2.45, 2.75) is 6.36 Å². The first-order chi connectivity index (χ1) is 9.83. The summed E-state index contributed by atoms with van der Waals surface area (Å²) >= 11 is 0. The molecule has 0 amide bonds. The number of ether oxygens (including phenoxy) is 2. The first-order valence-electron chi connectivity index (χ1n) is 5.53. The van der Waals surface area contributed by atoms with Crippen LogP contribution in [0.1, 0.15) is 5.69 Å². The fourth-order valence-corrected chi connectivity index (χ4v) is 1.34. The van der Waals surface area contributed by atoms with Gasteiger partial charge < -0.3 is 15.2 Å². The maximum absolute atomic E-state index is 12.0. The third kappa shape index (κ3) is 4.34. The molecule has 2 aromatic rings. The summed E-state index contributed by atoms with van der Waals surface area (Å²) in [6.07, 6.45) is -2.24. The lowest BCUT2D eigenvalue weighted by Crippen LogP contribution is -2.16. The van der Waals surface area contributed by atoms with Crippen LogP contribution in [-0.2, 0) is 0 Å². The third-order valence-electron chi connectivity index (χ3n) is 2.18. The van der Waals surface area contributed by atoms with Crippen LogP contribution in [0.3, 0.4) is 0 Å². The van der Waals surface area contributed by atoms with E-state index in [0.717, 1.165) is 12.1 Å². The number of halogens is 3. The Bertz CT molecular complexity index is 626. The van der Waals surface area contributed by atoms with Crippen molar-refractivity contribution in [1.29, 1.82) is 5.41 Å². The number of nitrogens with two attached hydrogens (primary N) is 1. The number of alkyl halides is 3. The van der Waals surface area contributed by atoms with E-state index in [-0.39, 0.29) is 28.9 Å². The molecule has 0 bridgehead atoms. The molecule has 0 saturated carbocycles.